The van der Waals surface area contributed by atoms with E-state index >= 15 is 0 Å². The van der Waals surface area contributed by atoms with Gasteiger partial charge >= 0.3 is 0 Å². The Balaban J connectivity index is 5.04. The molecule has 24 heavy (non-hydrogen) atoms. The lowest BCUT2D eigenvalue weighted by atomic mass is 10.00. The van der Waals surface area contributed by atoms with E-state index in [1.165, 1.54) is 13.8 Å². The highest BCUT2D eigenvalue weighted by Crippen LogP contribution is 2.08. The average Bonchev–Trinajstić information content (AvgIpc) is 2.41. The van der Waals surface area contributed by atoms with E-state index in [-0.39, 0.29) is 17.7 Å². The highest BCUT2D eigenvalue weighted by Gasteiger charge is 2.29. The number of amides is 4. The van der Waals surface area contributed by atoms with E-state index in [0.29, 0.717) is 6.42 Å². The summed E-state index contributed by atoms with van der Waals surface area (Å²) in [5, 5.41) is 7.67. The molecule has 8 nitrogen and oxygen atoms in total. The maximum Gasteiger partial charge on any atom is 0.243 e. The van der Waals surface area contributed by atoms with Crippen molar-refractivity contribution in [2.75, 3.05) is 0 Å². The van der Waals surface area contributed by atoms with Crippen molar-refractivity contribution in [2.24, 2.45) is 17.6 Å². The second-order valence-electron chi connectivity index (χ2n) is 6.75. The topological polar surface area (TPSA) is 130 Å². The van der Waals surface area contributed by atoms with Gasteiger partial charge in [-0.25, -0.2) is 0 Å². The molecule has 0 saturated carbocycles. The molecular weight excluding hydrogens is 312 g/mol. The molecule has 0 aromatic carbocycles. The van der Waals surface area contributed by atoms with Crippen LogP contribution in [0.1, 0.15) is 48.0 Å². The lowest BCUT2D eigenvalue weighted by Gasteiger charge is -2.25. The normalized spacial score (nSPS) is 14.7. The predicted molar refractivity (Wildman–Crippen MR) is 90.6 cm³/mol. The van der Waals surface area contributed by atoms with Gasteiger partial charge in [0.05, 0.1) is 0 Å². The van der Waals surface area contributed by atoms with E-state index in [0.717, 1.165) is 0 Å². The Morgan fingerprint density at radius 3 is 1.79 bits per heavy atom. The molecule has 0 rings (SSSR count). The van der Waals surface area contributed by atoms with E-state index < -0.39 is 35.8 Å². The number of hydrogen-bond donors (Lipinski definition) is 4. The summed E-state index contributed by atoms with van der Waals surface area (Å²) in [7, 11) is 0. The van der Waals surface area contributed by atoms with Gasteiger partial charge in [0.2, 0.25) is 23.6 Å². The summed E-state index contributed by atoms with van der Waals surface area (Å²) in [6, 6.07) is -2.38. The maximum atomic E-state index is 12.5. The van der Waals surface area contributed by atoms with Crippen LogP contribution in [0.4, 0.5) is 0 Å². The molecule has 4 amide bonds. The molecule has 0 aromatic rings. The Kier molecular flexibility index (Phi) is 9.02. The quantitative estimate of drug-likeness (QED) is 0.457. The van der Waals surface area contributed by atoms with Gasteiger partial charge < -0.3 is 21.7 Å². The highest BCUT2D eigenvalue weighted by atomic mass is 16.2. The second kappa shape index (κ2) is 9.89. The van der Waals surface area contributed by atoms with Crippen molar-refractivity contribution < 1.29 is 19.2 Å². The van der Waals surface area contributed by atoms with Gasteiger partial charge in [-0.1, -0.05) is 27.7 Å². The van der Waals surface area contributed by atoms with Gasteiger partial charge in [0.15, 0.2) is 0 Å². The first-order valence-corrected chi connectivity index (χ1v) is 8.12. The van der Waals surface area contributed by atoms with Crippen molar-refractivity contribution in [3.63, 3.8) is 0 Å². The molecule has 0 bridgehead atoms. The van der Waals surface area contributed by atoms with Gasteiger partial charge in [-0.3, -0.25) is 19.2 Å². The molecule has 0 fully saturated rings. The second-order valence-corrected chi connectivity index (χ2v) is 6.75. The first kappa shape index (κ1) is 21.9. The van der Waals surface area contributed by atoms with Gasteiger partial charge in [0.25, 0.3) is 0 Å². The molecule has 8 heteroatoms. The molecule has 0 aliphatic heterocycles. The fraction of sp³-hybridized carbons (Fsp3) is 0.750. The van der Waals surface area contributed by atoms with Gasteiger partial charge in [-0.05, 0) is 25.2 Å². The third-order valence-electron chi connectivity index (χ3n) is 3.42. The predicted octanol–water partition coefficient (Wildman–Crippen LogP) is -0.332. The van der Waals surface area contributed by atoms with Crippen LogP contribution in [-0.2, 0) is 19.2 Å². The fourth-order valence-corrected chi connectivity index (χ4v) is 2.19. The highest BCUT2D eigenvalue weighted by molar-refractivity contribution is 5.93. The summed E-state index contributed by atoms with van der Waals surface area (Å²) in [5.74, 6) is -1.92. The molecule has 0 radical (unpaired) electrons. The van der Waals surface area contributed by atoms with Crippen LogP contribution >= 0.6 is 0 Å². The number of carbonyl (C=O) groups excluding carboxylic acids is 4. The molecule has 0 spiro atoms. The first-order chi connectivity index (χ1) is 11.0. The van der Waals surface area contributed by atoms with Crippen LogP contribution in [0.5, 0.6) is 0 Å². The molecule has 0 aliphatic rings. The van der Waals surface area contributed by atoms with Crippen molar-refractivity contribution >= 4 is 23.6 Å². The van der Waals surface area contributed by atoms with E-state index in [9.17, 15) is 19.2 Å². The fourth-order valence-electron chi connectivity index (χ4n) is 2.19. The number of rotatable bonds is 9. The van der Waals surface area contributed by atoms with Crippen LogP contribution in [0.15, 0.2) is 0 Å². The molecule has 0 aliphatic carbocycles. The van der Waals surface area contributed by atoms with E-state index in [4.69, 9.17) is 5.73 Å². The minimum Gasteiger partial charge on any atom is -0.368 e. The number of hydrogen-bond acceptors (Lipinski definition) is 4. The van der Waals surface area contributed by atoms with Crippen LogP contribution in [0.3, 0.4) is 0 Å². The Labute approximate surface area is 143 Å². The third kappa shape index (κ3) is 7.94. The number of primary amides is 1. The van der Waals surface area contributed by atoms with Crippen LogP contribution in [0.25, 0.3) is 0 Å². The monoisotopic (exact) mass is 342 g/mol. The summed E-state index contributed by atoms with van der Waals surface area (Å²) >= 11 is 0. The zero-order chi connectivity index (χ0) is 19.0. The first-order valence-electron chi connectivity index (χ1n) is 8.12. The van der Waals surface area contributed by atoms with Crippen LogP contribution in [0, 0.1) is 11.8 Å². The summed E-state index contributed by atoms with van der Waals surface area (Å²) in [6.45, 7) is 10.2. The van der Waals surface area contributed by atoms with Gasteiger partial charge in [0.1, 0.15) is 18.1 Å². The van der Waals surface area contributed by atoms with Crippen molar-refractivity contribution in [1.82, 2.24) is 16.0 Å². The molecule has 3 atom stereocenters. The minimum absolute atomic E-state index is 0.142. The van der Waals surface area contributed by atoms with Crippen LogP contribution < -0.4 is 21.7 Å². The summed E-state index contributed by atoms with van der Waals surface area (Å²) in [4.78, 5) is 47.1. The zero-order valence-corrected chi connectivity index (χ0v) is 15.3. The van der Waals surface area contributed by atoms with Crippen LogP contribution in [-0.4, -0.2) is 41.8 Å². The minimum atomic E-state index is -0.811. The van der Waals surface area contributed by atoms with Crippen molar-refractivity contribution in [3.8, 4) is 0 Å². The summed E-state index contributed by atoms with van der Waals surface area (Å²) < 4.78 is 0. The number of nitrogens with two attached hydrogens (primary N) is 1. The van der Waals surface area contributed by atoms with Crippen molar-refractivity contribution in [3.05, 3.63) is 0 Å². The van der Waals surface area contributed by atoms with E-state index in [1.807, 2.05) is 13.8 Å². The Hall–Kier alpha value is -2.12. The van der Waals surface area contributed by atoms with Crippen molar-refractivity contribution in [1.29, 1.82) is 0 Å². The molecular formula is C16H30N4O4. The lowest BCUT2D eigenvalue weighted by Crippen LogP contribution is -2.57. The largest absolute Gasteiger partial charge is 0.368 e. The molecule has 0 heterocycles. The molecule has 138 valence electrons. The molecule has 0 aromatic heterocycles. The molecule has 0 saturated heterocycles. The number of carbonyl (C=O) groups is 4. The Morgan fingerprint density at radius 1 is 0.875 bits per heavy atom. The molecule has 3 unspecified atom stereocenters. The molecule has 5 N–H and O–H groups in total. The van der Waals surface area contributed by atoms with Crippen molar-refractivity contribution in [2.45, 2.75) is 66.1 Å². The smallest absolute Gasteiger partial charge is 0.243 e. The average molecular weight is 342 g/mol. The summed E-state index contributed by atoms with van der Waals surface area (Å²) in [6.07, 6.45) is 0.397. The summed E-state index contributed by atoms with van der Waals surface area (Å²) in [5.41, 5.74) is 5.30. The van der Waals surface area contributed by atoms with Crippen LogP contribution in [0.2, 0.25) is 0 Å². The third-order valence-corrected chi connectivity index (χ3v) is 3.42. The van der Waals surface area contributed by atoms with E-state index in [1.54, 1.807) is 13.8 Å². The lowest BCUT2D eigenvalue weighted by molar-refractivity contribution is -0.133. The standard InChI is InChI=1S/C16H30N4O4/c1-8(2)7-12(19-15(23)10(5)18-11(6)21)16(24)20-13(9(3)4)14(17)22/h8-10,12-13H,7H2,1-6H3,(H2,17,22)(H,18,21)(H,19,23)(H,20,24). The van der Waals surface area contributed by atoms with Gasteiger partial charge in [0, 0.05) is 6.92 Å². The zero-order valence-electron chi connectivity index (χ0n) is 15.3. The number of nitrogens with one attached hydrogen (secondary N) is 3. The SMILES string of the molecule is CC(=O)NC(C)C(=O)NC(CC(C)C)C(=O)NC(C(N)=O)C(C)C. The Morgan fingerprint density at radius 2 is 1.42 bits per heavy atom. The van der Waals surface area contributed by atoms with Gasteiger partial charge in [-0.2, -0.15) is 0 Å². The maximum absolute atomic E-state index is 12.5. The Bertz CT molecular complexity index is 477. The van der Waals surface area contributed by atoms with E-state index in [2.05, 4.69) is 16.0 Å². The van der Waals surface area contributed by atoms with Gasteiger partial charge in [-0.15, -0.1) is 0 Å².